The van der Waals surface area contributed by atoms with Crippen molar-refractivity contribution in [3.8, 4) is 0 Å². The van der Waals surface area contributed by atoms with Gasteiger partial charge in [-0.15, -0.1) is 6.58 Å². The van der Waals surface area contributed by atoms with Gasteiger partial charge in [0.1, 0.15) is 0 Å². The Labute approximate surface area is 45.6 Å². The van der Waals surface area contributed by atoms with Crippen LogP contribution in [-0.2, 0) is 8.85 Å². The smallest absolute Gasteiger partial charge is 0.394 e. The minimum atomic E-state index is -1.10. The molecule has 41 valence electrons. The number of hydrogen-bond acceptors (Lipinski definition) is 2. The molecule has 0 aromatic rings. The predicted molar refractivity (Wildman–Crippen MR) is 30.0 cm³/mol. The van der Waals surface area contributed by atoms with Crippen molar-refractivity contribution in [2.45, 2.75) is 0 Å². The van der Waals surface area contributed by atoms with Gasteiger partial charge in [-0.1, -0.05) is 0 Å². The summed E-state index contributed by atoms with van der Waals surface area (Å²) >= 11 is 0. The van der Waals surface area contributed by atoms with Crippen molar-refractivity contribution < 1.29 is 8.85 Å². The minimum absolute atomic E-state index is 1.10. The Balaban J connectivity index is 3.16. The first-order chi connectivity index (χ1) is 3.35. The quantitative estimate of drug-likeness (QED) is 0.501. The molecule has 3 heteroatoms. The van der Waals surface area contributed by atoms with Crippen molar-refractivity contribution in [3.05, 3.63) is 12.3 Å². The van der Waals surface area contributed by atoms with Crippen molar-refractivity contribution in [1.29, 1.82) is 0 Å². The van der Waals surface area contributed by atoms with Crippen LogP contribution in [0.25, 0.3) is 0 Å². The van der Waals surface area contributed by atoms with E-state index in [1.807, 2.05) is 0 Å². The van der Waals surface area contributed by atoms with Gasteiger partial charge in [0.25, 0.3) is 0 Å². The molecule has 1 radical (unpaired) electrons. The van der Waals surface area contributed by atoms with E-state index >= 15 is 0 Å². The van der Waals surface area contributed by atoms with E-state index in [0.29, 0.717) is 0 Å². The van der Waals surface area contributed by atoms with Gasteiger partial charge in [-0.05, 0) is 5.70 Å². The van der Waals surface area contributed by atoms with Gasteiger partial charge in [-0.25, -0.2) is 0 Å². The Bertz CT molecular complexity index is 51.7. The SMILES string of the molecule is C=C[Si](OC)OC. The monoisotopic (exact) mass is 117 g/mol. The van der Waals surface area contributed by atoms with Crippen LogP contribution in [0.15, 0.2) is 12.3 Å². The molecule has 2 nitrogen and oxygen atoms in total. The van der Waals surface area contributed by atoms with Gasteiger partial charge in [0, 0.05) is 14.2 Å². The van der Waals surface area contributed by atoms with E-state index in [2.05, 4.69) is 6.58 Å². The molecule has 0 amide bonds. The third-order valence-corrected chi connectivity index (χ3v) is 1.71. The van der Waals surface area contributed by atoms with Gasteiger partial charge in [0.2, 0.25) is 0 Å². The molecule has 0 N–H and O–H groups in total. The molecule has 0 saturated carbocycles. The molecule has 0 spiro atoms. The van der Waals surface area contributed by atoms with E-state index in [-0.39, 0.29) is 0 Å². The molecule has 0 aliphatic heterocycles. The molecular formula is C4H9O2Si. The van der Waals surface area contributed by atoms with Gasteiger partial charge in [0.15, 0.2) is 0 Å². The van der Waals surface area contributed by atoms with Gasteiger partial charge < -0.3 is 8.85 Å². The van der Waals surface area contributed by atoms with Crippen LogP contribution in [0.3, 0.4) is 0 Å². The maximum absolute atomic E-state index is 4.81. The first kappa shape index (κ1) is 6.88. The first-order valence-corrected chi connectivity index (χ1v) is 3.32. The summed E-state index contributed by atoms with van der Waals surface area (Å²) in [7, 11) is 2.12. The fourth-order valence-electron chi connectivity index (χ4n) is 0.250. The van der Waals surface area contributed by atoms with Crippen LogP contribution in [-0.4, -0.2) is 23.5 Å². The van der Waals surface area contributed by atoms with E-state index in [1.165, 1.54) is 0 Å². The Morgan fingerprint density at radius 2 is 1.86 bits per heavy atom. The Kier molecular flexibility index (Phi) is 3.98. The van der Waals surface area contributed by atoms with Crippen LogP contribution in [0.5, 0.6) is 0 Å². The average molecular weight is 117 g/mol. The van der Waals surface area contributed by atoms with Crippen LogP contribution in [0, 0.1) is 0 Å². The van der Waals surface area contributed by atoms with Crippen LogP contribution >= 0.6 is 0 Å². The van der Waals surface area contributed by atoms with Crippen molar-refractivity contribution in [1.82, 2.24) is 0 Å². The molecule has 0 heterocycles. The predicted octanol–water partition coefficient (Wildman–Crippen LogP) is 0.493. The van der Waals surface area contributed by atoms with Crippen molar-refractivity contribution >= 4 is 9.28 Å². The second-order valence-corrected chi connectivity index (χ2v) is 2.79. The summed E-state index contributed by atoms with van der Waals surface area (Å²) in [4.78, 5) is 0. The molecule has 0 saturated heterocycles. The highest BCUT2D eigenvalue weighted by atomic mass is 28.3. The maximum Gasteiger partial charge on any atom is 0.414 e. The highest BCUT2D eigenvalue weighted by Gasteiger charge is 2.02. The summed E-state index contributed by atoms with van der Waals surface area (Å²) in [5, 5.41) is 0. The molecule has 7 heavy (non-hydrogen) atoms. The second kappa shape index (κ2) is 4.05. The lowest BCUT2D eigenvalue weighted by atomic mass is 11.3. The van der Waals surface area contributed by atoms with Crippen LogP contribution in [0.2, 0.25) is 0 Å². The summed E-state index contributed by atoms with van der Waals surface area (Å²) in [6.07, 6.45) is 0. The Morgan fingerprint density at radius 3 is 1.86 bits per heavy atom. The zero-order valence-electron chi connectivity index (χ0n) is 4.60. The van der Waals surface area contributed by atoms with Crippen LogP contribution in [0.1, 0.15) is 0 Å². The number of hydrogen-bond donors (Lipinski definition) is 0. The molecule has 0 fully saturated rings. The molecule has 0 aromatic heterocycles. The highest BCUT2D eigenvalue weighted by Crippen LogP contribution is 1.81. The molecule has 0 aromatic carbocycles. The van der Waals surface area contributed by atoms with E-state index in [1.54, 1.807) is 19.9 Å². The molecule has 0 aliphatic rings. The Hall–Kier alpha value is -0.123. The summed E-state index contributed by atoms with van der Waals surface area (Å²) in [6.45, 7) is 3.50. The molecule has 0 aliphatic carbocycles. The summed E-state index contributed by atoms with van der Waals surface area (Å²) in [5.74, 6) is 0. The van der Waals surface area contributed by atoms with E-state index < -0.39 is 9.28 Å². The third kappa shape index (κ3) is 2.56. The van der Waals surface area contributed by atoms with Crippen LogP contribution < -0.4 is 0 Å². The van der Waals surface area contributed by atoms with Gasteiger partial charge in [0.05, 0.1) is 0 Å². The Morgan fingerprint density at radius 1 is 1.43 bits per heavy atom. The fourth-order valence-corrected chi connectivity index (χ4v) is 0.750. The topological polar surface area (TPSA) is 18.5 Å². The van der Waals surface area contributed by atoms with Crippen molar-refractivity contribution in [2.75, 3.05) is 14.2 Å². The first-order valence-electron chi connectivity index (χ1n) is 1.92. The average Bonchev–Trinajstić information content (AvgIpc) is 1.72. The van der Waals surface area contributed by atoms with Gasteiger partial charge in [-0.3, -0.25) is 0 Å². The standard InChI is InChI=1S/C4H9O2Si/c1-4-7(5-2)6-3/h4H,1H2,2-3H3. The highest BCUT2D eigenvalue weighted by molar-refractivity contribution is 6.50. The molecule has 0 rings (SSSR count). The van der Waals surface area contributed by atoms with E-state index in [9.17, 15) is 0 Å². The lowest BCUT2D eigenvalue weighted by Crippen LogP contribution is -2.14. The van der Waals surface area contributed by atoms with Crippen molar-refractivity contribution in [2.24, 2.45) is 0 Å². The zero-order valence-corrected chi connectivity index (χ0v) is 5.60. The van der Waals surface area contributed by atoms with Crippen molar-refractivity contribution in [3.63, 3.8) is 0 Å². The van der Waals surface area contributed by atoms with E-state index in [0.717, 1.165) is 0 Å². The fraction of sp³-hybridized carbons (Fsp3) is 0.500. The lowest BCUT2D eigenvalue weighted by molar-refractivity contribution is 0.290. The van der Waals surface area contributed by atoms with E-state index in [4.69, 9.17) is 8.85 Å². The van der Waals surface area contributed by atoms with Crippen LogP contribution in [0.4, 0.5) is 0 Å². The van der Waals surface area contributed by atoms with Gasteiger partial charge >= 0.3 is 9.28 Å². The minimum Gasteiger partial charge on any atom is -0.394 e. The largest absolute Gasteiger partial charge is 0.414 e. The second-order valence-electron chi connectivity index (χ2n) is 0.931. The molecular weight excluding hydrogens is 108 g/mol. The zero-order chi connectivity index (χ0) is 5.70. The third-order valence-electron chi connectivity index (χ3n) is 0.569. The molecule has 0 atom stereocenters. The lowest BCUT2D eigenvalue weighted by Gasteiger charge is -1.99. The molecule has 0 unspecified atom stereocenters. The maximum atomic E-state index is 4.81. The normalized spacial score (nSPS) is 9.57. The number of rotatable bonds is 3. The molecule has 0 bridgehead atoms. The summed E-state index contributed by atoms with van der Waals surface area (Å²) in [6, 6.07) is 0. The summed E-state index contributed by atoms with van der Waals surface area (Å²) < 4.78 is 9.62. The summed E-state index contributed by atoms with van der Waals surface area (Å²) in [5.41, 5.74) is 1.69. The van der Waals surface area contributed by atoms with Gasteiger partial charge in [-0.2, -0.15) is 0 Å².